The number of rotatable bonds is 2. The van der Waals surface area contributed by atoms with Crippen LogP contribution in [-0.4, -0.2) is 30.3 Å². The van der Waals surface area contributed by atoms with Crippen molar-refractivity contribution in [3.05, 3.63) is 0 Å². The molecule has 1 aliphatic heterocycles. The molecule has 0 aromatic heterocycles. The number of nitrogens with two attached hydrogens (primary N) is 1. The fourth-order valence-electron chi connectivity index (χ4n) is 2.59. The van der Waals surface area contributed by atoms with Gasteiger partial charge in [-0.25, -0.2) is 0 Å². The standard InChI is InChI=1S/C9H18N2O/c10-6-8(2-1-3-8)9(12)4-5-11-7-9/h11-12H,1-7,10H2. The Kier molecular flexibility index (Phi) is 1.90. The van der Waals surface area contributed by atoms with Gasteiger partial charge in [0.15, 0.2) is 0 Å². The summed E-state index contributed by atoms with van der Waals surface area (Å²) in [5.41, 5.74) is 5.30. The van der Waals surface area contributed by atoms with Crippen molar-refractivity contribution in [2.24, 2.45) is 11.1 Å². The van der Waals surface area contributed by atoms with Gasteiger partial charge in [-0.3, -0.25) is 0 Å². The monoisotopic (exact) mass is 170 g/mol. The summed E-state index contributed by atoms with van der Waals surface area (Å²) >= 11 is 0. The molecular weight excluding hydrogens is 152 g/mol. The van der Waals surface area contributed by atoms with Gasteiger partial charge >= 0.3 is 0 Å². The van der Waals surface area contributed by atoms with Crippen molar-refractivity contribution in [1.29, 1.82) is 0 Å². The molecule has 4 N–H and O–H groups in total. The molecule has 2 fully saturated rings. The van der Waals surface area contributed by atoms with Gasteiger partial charge in [0, 0.05) is 18.5 Å². The molecular formula is C9H18N2O. The first kappa shape index (κ1) is 8.48. The molecule has 0 spiro atoms. The van der Waals surface area contributed by atoms with Gasteiger partial charge in [-0.1, -0.05) is 6.42 Å². The average molecular weight is 170 g/mol. The topological polar surface area (TPSA) is 58.3 Å². The summed E-state index contributed by atoms with van der Waals surface area (Å²) in [5.74, 6) is 0. The number of hydrogen-bond donors (Lipinski definition) is 3. The van der Waals surface area contributed by atoms with E-state index in [1.165, 1.54) is 6.42 Å². The molecule has 1 saturated carbocycles. The molecule has 1 aliphatic carbocycles. The molecule has 1 saturated heterocycles. The molecule has 1 unspecified atom stereocenters. The lowest BCUT2D eigenvalue weighted by Crippen LogP contribution is -2.57. The molecule has 0 radical (unpaired) electrons. The van der Waals surface area contributed by atoms with Gasteiger partial charge in [-0.2, -0.15) is 0 Å². The van der Waals surface area contributed by atoms with Crippen LogP contribution in [0.4, 0.5) is 0 Å². The van der Waals surface area contributed by atoms with Gasteiger partial charge in [-0.05, 0) is 25.8 Å². The van der Waals surface area contributed by atoms with Crippen LogP contribution in [0.1, 0.15) is 25.7 Å². The average Bonchev–Trinajstić information content (AvgIpc) is 2.35. The van der Waals surface area contributed by atoms with Crippen molar-refractivity contribution in [3.63, 3.8) is 0 Å². The first-order chi connectivity index (χ1) is 5.72. The third-order valence-electron chi connectivity index (χ3n) is 3.82. The van der Waals surface area contributed by atoms with Gasteiger partial charge in [0.25, 0.3) is 0 Å². The molecule has 3 nitrogen and oxygen atoms in total. The Morgan fingerprint density at radius 1 is 1.33 bits per heavy atom. The fraction of sp³-hybridized carbons (Fsp3) is 1.00. The molecule has 0 aromatic carbocycles. The Morgan fingerprint density at radius 2 is 2.08 bits per heavy atom. The first-order valence-electron chi connectivity index (χ1n) is 4.86. The van der Waals surface area contributed by atoms with Gasteiger partial charge < -0.3 is 16.2 Å². The van der Waals surface area contributed by atoms with Crippen LogP contribution in [0.5, 0.6) is 0 Å². The fourth-order valence-corrected chi connectivity index (χ4v) is 2.59. The number of aliphatic hydroxyl groups is 1. The predicted molar refractivity (Wildman–Crippen MR) is 47.8 cm³/mol. The van der Waals surface area contributed by atoms with E-state index in [2.05, 4.69) is 5.32 Å². The van der Waals surface area contributed by atoms with Crippen LogP contribution < -0.4 is 11.1 Å². The van der Waals surface area contributed by atoms with Crippen LogP contribution in [0.25, 0.3) is 0 Å². The lowest BCUT2D eigenvalue weighted by Gasteiger charge is -2.51. The van der Waals surface area contributed by atoms with Crippen molar-refractivity contribution in [3.8, 4) is 0 Å². The minimum atomic E-state index is -0.500. The highest BCUT2D eigenvalue weighted by Gasteiger charge is 2.53. The van der Waals surface area contributed by atoms with Crippen LogP contribution in [0.2, 0.25) is 0 Å². The maximum atomic E-state index is 10.3. The van der Waals surface area contributed by atoms with Gasteiger partial charge in [0.05, 0.1) is 5.60 Å². The highest BCUT2D eigenvalue weighted by atomic mass is 16.3. The van der Waals surface area contributed by atoms with E-state index < -0.39 is 5.60 Å². The summed E-state index contributed by atoms with van der Waals surface area (Å²) in [6.07, 6.45) is 4.34. The summed E-state index contributed by atoms with van der Waals surface area (Å²) in [4.78, 5) is 0. The molecule has 70 valence electrons. The highest BCUT2D eigenvalue weighted by molar-refractivity contribution is 5.07. The Bertz CT molecular complexity index is 166. The quantitative estimate of drug-likeness (QED) is 0.540. The van der Waals surface area contributed by atoms with Crippen LogP contribution in [0.3, 0.4) is 0 Å². The smallest absolute Gasteiger partial charge is 0.0851 e. The van der Waals surface area contributed by atoms with Crippen molar-refractivity contribution < 1.29 is 5.11 Å². The zero-order valence-electron chi connectivity index (χ0n) is 7.47. The van der Waals surface area contributed by atoms with E-state index in [4.69, 9.17) is 5.73 Å². The maximum absolute atomic E-state index is 10.3. The van der Waals surface area contributed by atoms with Gasteiger partial charge in [-0.15, -0.1) is 0 Å². The Morgan fingerprint density at radius 3 is 2.42 bits per heavy atom. The summed E-state index contributed by atoms with van der Waals surface area (Å²) in [7, 11) is 0. The SMILES string of the molecule is NCC1(C2(O)CCNC2)CCC1. The second-order valence-corrected chi connectivity index (χ2v) is 4.30. The van der Waals surface area contributed by atoms with E-state index in [1.807, 2.05) is 0 Å². The lowest BCUT2D eigenvalue weighted by molar-refractivity contribution is -0.108. The third-order valence-corrected chi connectivity index (χ3v) is 3.82. The van der Waals surface area contributed by atoms with E-state index in [0.717, 1.165) is 32.4 Å². The predicted octanol–water partition coefficient (Wildman–Crippen LogP) is -0.160. The molecule has 1 atom stereocenters. The summed E-state index contributed by atoms with van der Waals surface area (Å²) in [6.45, 7) is 2.33. The summed E-state index contributed by atoms with van der Waals surface area (Å²) in [5, 5.41) is 13.5. The summed E-state index contributed by atoms with van der Waals surface area (Å²) < 4.78 is 0. The molecule has 0 amide bonds. The van der Waals surface area contributed by atoms with Crippen molar-refractivity contribution in [2.45, 2.75) is 31.3 Å². The summed E-state index contributed by atoms with van der Waals surface area (Å²) in [6, 6.07) is 0. The first-order valence-corrected chi connectivity index (χ1v) is 4.86. The second-order valence-electron chi connectivity index (χ2n) is 4.30. The Labute approximate surface area is 73.3 Å². The van der Waals surface area contributed by atoms with E-state index in [9.17, 15) is 5.11 Å². The van der Waals surface area contributed by atoms with Crippen LogP contribution >= 0.6 is 0 Å². The van der Waals surface area contributed by atoms with E-state index in [-0.39, 0.29) is 5.41 Å². The molecule has 2 rings (SSSR count). The minimum absolute atomic E-state index is 0.0521. The third kappa shape index (κ3) is 0.934. The largest absolute Gasteiger partial charge is 0.388 e. The zero-order valence-corrected chi connectivity index (χ0v) is 7.47. The van der Waals surface area contributed by atoms with Gasteiger partial charge in [0.1, 0.15) is 0 Å². The van der Waals surface area contributed by atoms with Crippen LogP contribution in [0.15, 0.2) is 0 Å². The number of β-amino-alcohol motifs (C(OH)–C–C–N with tert-alkyl or cyclic N) is 1. The van der Waals surface area contributed by atoms with Crippen molar-refractivity contribution in [1.82, 2.24) is 5.32 Å². The van der Waals surface area contributed by atoms with E-state index in [1.54, 1.807) is 0 Å². The molecule has 0 aromatic rings. The molecule has 12 heavy (non-hydrogen) atoms. The molecule has 0 bridgehead atoms. The van der Waals surface area contributed by atoms with Crippen LogP contribution in [0, 0.1) is 5.41 Å². The van der Waals surface area contributed by atoms with E-state index >= 15 is 0 Å². The molecule has 2 aliphatic rings. The highest BCUT2D eigenvalue weighted by Crippen LogP contribution is 2.50. The molecule has 3 heteroatoms. The second kappa shape index (κ2) is 2.69. The van der Waals surface area contributed by atoms with Crippen molar-refractivity contribution in [2.75, 3.05) is 19.6 Å². The van der Waals surface area contributed by atoms with Crippen molar-refractivity contribution >= 4 is 0 Å². The lowest BCUT2D eigenvalue weighted by atomic mass is 9.58. The normalized spacial score (nSPS) is 39.5. The molecule has 1 heterocycles. The zero-order chi connectivity index (χ0) is 8.66. The Balaban J connectivity index is 2.14. The Hall–Kier alpha value is -0.120. The maximum Gasteiger partial charge on any atom is 0.0851 e. The number of nitrogens with one attached hydrogen (secondary N) is 1. The van der Waals surface area contributed by atoms with Gasteiger partial charge in [0.2, 0.25) is 0 Å². The van der Waals surface area contributed by atoms with Crippen LogP contribution in [-0.2, 0) is 0 Å². The number of hydrogen-bond acceptors (Lipinski definition) is 3. The minimum Gasteiger partial charge on any atom is -0.388 e. The van der Waals surface area contributed by atoms with E-state index in [0.29, 0.717) is 6.54 Å².